The van der Waals surface area contributed by atoms with E-state index in [1.165, 1.54) is 109 Å². The molecule has 0 aliphatic heterocycles. The van der Waals surface area contributed by atoms with Crippen LogP contribution < -0.4 is 0 Å². The van der Waals surface area contributed by atoms with E-state index >= 15 is 0 Å². The number of hydrogen-bond donors (Lipinski definition) is 0. The smallest absolute Gasteiger partial charge is 0.308 e. The second kappa shape index (κ2) is 22.8. The zero-order valence-corrected chi connectivity index (χ0v) is 19.7. The van der Waals surface area contributed by atoms with Gasteiger partial charge in [0.15, 0.2) is 0 Å². The van der Waals surface area contributed by atoms with Crippen molar-refractivity contribution in [3.63, 3.8) is 0 Å². The van der Waals surface area contributed by atoms with Gasteiger partial charge in [-0.1, -0.05) is 130 Å². The van der Waals surface area contributed by atoms with E-state index in [1.807, 2.05) is 0 Å². The lowest BCUT2D eigenvalue weighted by Crippen LogP contribution is -2.18. The van der Waals surface area contributed by atoms with Crippen LogP contribution in [0.25, 0.3) is 0 Å². The van der Waals surface area contributed by atoms with E-state index in [4.69, 9.17) is 4.74 Å². The molecule has 0 N–H and O–H groups in total. The average Bonchev–Trinajstić information content (AvgIpc) is 2.70. The van der Waals surface area contributed by atoms with Gasteiger partial charge in [0.2, 0.25) is 0 Å². The maximum absolute atomic E-state index is 12.6. The highest BCUT2D eigenvalue weighted by molar-refractivity contribution is 5.72. The molecule has 2 heteroatoms. The van der Waals surface area contributed by atoms with Crippen LogP contribution in [0.3, 0.4) is 0 Å². The largest absolute Gasteiger partial charge is 0.465 e. The molecule has 0 rings (SSSR count). The molecule has 0 aromatic heterocycles. The molecule has 0 aliphatic carbocycles. The number of unbranched alkanes of at least 4 members (excludes halogenated alkanes) is 15. The molecule has 0 aromatic rings. The second-order valence-electron chi connectivity index (χ2n) is 8.75. The first-order chi connectivity index (χ1) is 13.8. The van der Waals surface area contributed by atoms with Gasteiger partial charge in [-0.25, -0.2) is 0 Å². The molecule has 0 spiro atoms. The molecule has 0 amide bonds. The molecule has 0 saturated carbocycles. The van der Waals surface area contributed by atoms with E-state index in [2.05, 4.69) is 20.8 Å². The maximum Gasteiger partial charge on any atom is 0.308 e. The molecule has 168 valence electrons. The highest BCUT2D eigenvalue weighted by Crippen LogP contribution is 2.21. The first-order valence-corrected chi connectivity index (χ1v) is 12.9. The number of esters is 1. The summed E-state index contributed by atoms with van der Waals surface area (Å²) in [6.07, 6.45) is 25.1. The normalized spacial score (nSPS) is 12.2. The third-order valence-corrected chi connectivity index (χ3v) is 5.89. The Kier molecular flexibility index (Phi) is 22.3. The fourth-order valence-electron chi connectivity index (χ4n) is 3.90. The molecule has 0 radical (unpaired) electrons. The first-order valence-electron chi connectivity index (χ1n) is 12.9. The van der Waals surface area contributed by atoms with Gasteiger partial charge in [-0.2, -0.15) is 0 Å². The highest BCUT2D eigenvalue weighted by Gasteiger charge is 2.19. The van der Waals surface area contributed by atoms with Crippen LogP contribution in [0.15, 0.2) is 0 Å². The molecule has 1 unspecified atom stereocenters. The Morgan fingerprint density at radius 3 is 1.32 bits per heavy atom. The van der Waals surface area contributed by atoms with Gasteiger partial charge in [0.25, 0.3) is 0 Å². The van der Waals surface area contributed by atoms with Crippen molar-refractivity contribution in [2.45, 2.75) is 149 Å². The molecule has 0 aromatic carbocycles. The summed E-state index contributed by atoms with van der Waals surface area (Å²) in [7, 11) is 0. The Labute approximate surface area is 177 Å². The topological polar surface area (TPSA) is 26.3 Å². The molecule has 0 heterocycles. The predicted molar refractivity (Wildman–Crippen MR) is 124 cm³/mol. The van der Waals surface area contributed by atoms with Gasteiger partial charge in [0.05, 0.1) is 12.5 Å². The molecule has 28 heavy (non-hydrogen) atoms. The van der Waals surface area contributed by atoms with Crippen LogP contribution in [0.1, 0.15) is 149 Å². The Balaban J connectivity index is 4.02. The van der Waals surface area contributed by atoms with Gasteiger partial charge >= 0.3 is 5.97 Å². The molecule has 0 aliphatic rings. The van der Waals surface area contributed by atoms with E-state index in [0.717, 1.165) is 19.3 Å². The third-order valence-electron chi connectivity index (χ3n) is 5.89. The fourth-order valence-corrected chi connectivity index (χ4v) is 3.90. The summed E-state index contributed by atoms with van der Waals surface area (Å²) in [4.78, 5) is 12.6. The summed E-state index contributed by atoms with van der Waals surface area (Å²) < 4.78 is 5.65. The lowest BCUT2D eigenvalue weighted by molar-refractivity contribution is -0.149. The zero-order chi connectivity index (χ0) is 20.7. The standard InChI is InChI=1S/C26H52O2/c1-4-7-10-13-15-17-20-23-25(22-19-16-14-11-8-5-2)26(27)28-24-21-18-12-9-6-3/h25H,4-24H2,1-3H3. The molecular formula is C26H52O2. The van der Waals surface area contributed by atoms with Gasteiger partial charge in [0, 0.05) is 0 Å². The number of hydrogen-bond acceptors (Lipinski definition) is 2. The minimum Gasteiger partial charge on any atom is -0.465 e. The summed E-state index contributed by atoms with van der Waals surface area (Å²) in [6, 6.07) is 0. The van der Waals surface area contributed by atoms with E-state index in [9.17, 15) is 4.79 Å². The molecular weight excluding hydrogens is 344 g/mol. The highest BCUT2D eigenvalue weighted by atomic mass is 16.5. The van der Waals surface area contributed by atoms with E-state index in [1.54, 1.807) is 0 Å². The van der Waals surface area contributed by atoms with Gasteiger partial charge in [0.1, 0.15) is 0 Å². The lowest BCUT2D eigenvalue weighted by atomic mass is 9.94. The van der Waals surface area contributed by atoms with Crippen LogP contribution >= 0.6 is 0 Å². The number of rotatable bonds is 22. The van der Waals surface area contributed by atoms with Gasteiger partial charge in [-0.15, -0.1) is 0 Å². The summed E-state index contributed by atoms with van der Waals surface area (Å²) in [5.74, 6) is 0.243. The Morgan fingerprint density at radius 2 is 0.893 bits per heavy atom. The third kappa shape index (κ3) is 18.8. The second-order valence-corrected chi connectivity index (χ2v) is 8.75. The molecule has 0 bridgehead atoms. The zero-order valence-electron chi connectivity index (χ0n) is 19.7. The lowest BCUT2D eigenvalue weighted by Gasteiger charge is -2.16. The predicted octanol–water partition coefficient (Wildman–Crippen LogP) is 9.01. The summed E-state index contributed by atoms with van der Waals surface area (Å²) >= 11 is 0. The van der Waals surface area contributed by atoms with Crippen LogP contribution in [0.5, 0.6) is 0 Å². The minimum atomic E-state index is 0.0926. The van der Waals surface area contributed by atoms with Crippen LogP contribution in [0.2, 0.25) is 0 Å². The molecule has 2 nitrogen and oxygen atoms in total. The van der Waals surface area contributed by atoms with E-state index in [-0.39, 0.29) is 11.9 Å². The van der Waals surface area contributed by atoms with Crippen molar-refractivity contribution in [1.82, 2.24) is 0 Å². The summed E-state index contributed by atoms with van der Waals surface area (Å²) in [6.45, 7) is 7.39. The first kappa shape index (κ1) is 27.5. The van der Waals surface area contributed by atoms with Crippen LogP contribution in [0, 0.1) is 5.92 Å². The van der Waals surface area contributed by atoms with Crippen molar-refractivity contribution in [2.24, 2.45) is 5.92 Å². The van der Waals surface area contributed by atoms with Crippen LogP contribution in [-0.2, 0) is 9.53 Å². The van der Waals surface area contributed by atoms with E-state index in [0.29, 0.717) is 6.61 Å². The Morgan fingerprint density at radius 1 is 0.536 bits per heavy atom. The van der Waals surface area contributed by atoms with E-state index < -0.39 is 0 Å². The molecule has 0 saturated heterocycles. The quantitative estimate of drug-likeness (QED) is 0.135. The maximum atomic E-state index is 12.6. The van der Waals surface area contributed by atoms with Crippen molar-refractivity contribution in [2.75, 3.05) is 6.61 Å². The van der Waals surface area contributed by atoms with Gasteiger partial charge in [-0.05, 0) is 19.3 Å². The summed E-state index contributed by atoms with van der Waals surface area (Å²) in [5.41, 5.74) is 0. The van der Waals surface area contributed by atoms with Crippen molar-refractivity contribution in [3.8, 4) is 0 Å². The van der Waals surface area contributed by atoms with Crippen LogP contribution in [-0.4, -0.2) is 12.6 Å². The fraction of sp³-hybridized carbons (Fsp3) is 0.962. The average molecular weight is 397 g/mol. The van der Waals surface area contributed by atoms with Gasteiger partial charge < -0.3 is 4.74 Å². The monoisotopic (exact) mass is 396 g/mol. The van der Waals surface area contributed by atoms with Crippen molar-refractivity contribution in [3.05, 3.63) is 0 Å². The Bertz CT molecular complexity index is 314. The van der Waals surface area contributed by atoms with Crippen LogP contribution in [0.4, 0.5) is 0 Å². The molecule has 1 atom stereocenters. The molecule has 0 fully saturated rings. The number of ether oxygens (including phenoxy) is 1. The number of carbonyl (C=O) groups excluding carboxylic acids is 1. The Hall–Kier alpha value is -0.530. The van der Waals surface area contributed by atoms with Crippen molar-refractivity contribution >= 4 is 5.97 Å². The van der Waals surface area contributed by atoms with Crippen molar-refractivity contribution < 1.29 is 9.53 Å². The van der Waals surface area contributed by atoms with Crippen molar-refractivity contribution in [1.29, 1.82) is 0 Å². The van der Waals surface area contributed by atoms with Gasteiger partial charge in [-0.3, -0.25) is 4.79 Å². The summed E-state index contributed by atoms with van der Waals surface area (Å²) in [5, 5.41) is 0. The minimum absolute atomic E-state index is 0.0926. The number of carbonyl (C=O) groups is 1. The SMILES string of the molecule is CCCCCCCCCC(CCCCCCCC)C(=O)OCCCCCCC.